The molecule has 2 atom stereocenters. The first-order chi connectivity index (χ1) is 9.11. The minimum absolute atomic E-state index is 0.213. The van der Waals surface area contributed by atoms with Crippen LogP contribution in [0.25, 0.3) is 0 Å². The van der Waals surface area contributed by atoms with E-state index in [9.17, 15) is 9.59 Å². The zero-order valence-electron chi connectivity index (χ0n) is 10.5. The average molecular weight is 267 g/mol. The molecule has 0 aliphatic heterocycles. The van der Waals surface area contributed by atoms with Crippen LogP contribution in [0.3, 0.4) is 0 Å². The van der Waals surface area contributed by atoms with E-state index in [2.05, 4.69) is 20.0 Å². The van der Waals surface area contributed by atoms with Gasteiger partial charge in [0.1, 0.15) is 0 Å². The highest BCUT2D eigenvalue weighted by atomic mass is 16.5. The SMILES string of the molecule is O=C(O)NC(c1noc(=O)[nH]1)C1CC12CCCCC2. The molecule has 2 fully saturated rings. The topological polar surface area (TPSA) is 108 Å². The van der Waals surface area contributed by atoms with Crippen LogP contribution in [0.1, 0.15) is 50.4 Å². The van der Waals surface area contributed by atoms with Crippen LogP contribution in [0.4, 0.5) is 4.79 Å². The number of aromatic amines is 1. The normalized spacial score (nSPS) is 26.0. The van der Waals surface area contributed by atoms with Crippen molar-refractivity contribution < 1.29 is 14.4 Å². The van der Waals surface area contributed by atoms with E-state index in [0.29, 0.717) is 5.82 Å². The van der Waals surface area contributed by atoms with Crippen LogP contribution in [0.2, 0.25) is 0 Å². The van der Waals surface area contributed by atoms with Gasteiger partial charge in [0.25, 0.3) is 0 Å². The van der Waals surface area contributed by atoms with Crippen LogP contribution in [0, 0.1) is 11.3 Å². The van der Waals surface area contributed by atoms with Crippen LogP contribution >= 0.6 is 0 Å². The molecule has 0 bridgehead atoms. The number of H-pyrrole nitrogens is 1. The molecule has 2 aliphatic carbocycles. The summed E-state index contributed by atoms with van der Waals surface area (Å²) in [5.74, 6) is -0.143. The van der Waals surface area contributed by atoms with Gasteiger partial charge < -0.3 is 10.4 Å². The summed E-state index contributed by atoms with van der Waals surface area (Å²) >= 11 is 0. The summed E-state index contributed by atoms with van der Waals surface area (Å²) in [6.07, 6.45) is 5.82. The predicted octanol–water partition coefficient (Wildman–Crippen LogP) is 1.64. The van der Waals surface area contributed by atoms with E-state index in [0.717, 1.165) is 19.3 Å². The lowest BCUT2D eigenvalue weighted by Gasteiger charge is -2.25. The molecule has 2 unspecified atom stereocenters. The van der Waals surface area contributed by atoms with Gasteiger partial charge in [-0.2, -0.15) is 0 Å². The molecule has 7 nitrogen and oxygen atoms in total. The lowest BCUT2D eigenvalue weighted by molar-refractivity contribution is 0.183. The number of hydrogen-bond acceptors (Lipinski definition) is 4. The van der Waals surface area contributed by atoms with Crippen LogP contribution in [0.5, 0.6) is 0 Å². The van der Waals surface area contributed by atoms with Gasteiger partial charge >= 0.3 is 11.8 Å². The number of hydrogen-bond donors (Lipinski definition) is 3. The van der Waals surface area contributed by atoms with E-state index < -0.39 is 17.9 Å². The fourth-order valence-corrected chi connectivity index (χ4v) is 3.55. The molecule has 3 N–H and O–H groups in total. The van der Waals surface area contributed by atoms with Gasteiger partial charge in [0.15, 0.2) is 5.82 Å². The molecule has 2 saturated carbocycles. The Morgan fingerprint density at radius 1 is 1.47 bits per heavy atom. The fraction of sp³-hybridized carbons (Fsp3) is 0.750. The summed E-state index contributed by atoms with van der Waals surface area (Å²) in [4.78, 5) is 24.4. The molecule has 7 heteroatoms. The van der Waals surface area contributed by atoms with Gasteiger partial charge in [0.2, 0.25) is 0 Å². The molecule has 1 spiro atoms. The Labute approximate surface area is 109 Å². The molecule has 104 valence electrons. The molecule has 2 aliphatic rings. The standard InChI is InChI=1S/C12H17N3O4/c16-10(17)13-8(9-14-11(18)19-15-9)7-6-12(7)4-2-1-3-5-12/h7-8,13H,1-6H2,(H,16,17)(H,14,15,18). The van der Waals surface area contributed by atoms with Crippen LogP contribution in [-0.2, 0) is 0 Å². The van der Waals surface area contributed by atoms with Gasteiger partial charge in [-0.05, 0) is 30.6 Å². The maximum atomic E-state index is 11.0. The molecule has 3 rings (SSSR count). The summed E-state index contributed by atoms with van der Waals surface area (Å²) in [6.45, 7) is 0. The average Bonchev–Trinajstić information content (AvgIpc) is 2.86. The van der Waals surface area contributed by atoms with Gasteiger partial charge in [-0.1, -0.05) is 24.4 Å². The summed E-state index contributed by atoms with van der Waals surface area (Å²) < 4.78 is 4.49. The minimum atomic E-state index is -1.10. The van der Waals surface area contributed by atoms with Crippen molar-refractivity contribution in [1.29, 1.82) is 0 Å². The largest absolute Gasteiger partial charge is 0.465 e. The van der Waals surface area contributed by atoms with Crippen molar-refractivity contribution in [1.82, 2.24) is 15.5 Å². The highest BCUT2D eigenvalue weighted by Gasteiger charge is 2.58. The first kappa shape index (κ1) is 12.3. The lowest BCUT2D eigenvalue weighted by atomic mass is 9.83. The number of nitrogens with one attached hydrogen (secondary N) is 2. The Morgan fingerprint density at radius 3 is 2.79 bits per heavy atom. The molecule has 0 saturated heterocycles. The minimum Gasteiger partial charge on any atom is -0.465 e. The molecule has 1 aromatic heterocycles. The summed E-state index contributed by atoms with van der Waals surface area (Å²) in [7, 11) is 0. The van der Waals surface area contributed by atoms with Crippen molar-refractivity contribution in [3.63, 3.8) is 0 Å². The summed E-state index contributed by atoms with van der Waals surface area (Å²) in [6, 6.07) is -0.470. The maximum Gasteiger partial charge on any atom is 0.438 e. The van der Waals surface area contributed by atoms with Gasteiger partial charge in [-0.3, -0.25) is 9.51 Å². The fourth-order valence-electron chi connectivity index (χ4n) is 3.55. The van der Waals surface area contributed by atoms with Gasteiger partial charge in [0, 0.05) is 0 Å². The highest BCUT2D eigenvalue weighted by molar-refractivity contribution is 5.65. The third-order valence-corrected chi connectivity index (χ3v) is 4.54. The van der Waals surface area contributed by atoms with Crippen LogP contribution in [-0.4, -0.2) is 21.3 Å². The number of carboxylic acid groups (broad SMARTS) is 1. The van der Waals surface area contributed by atoms with Crippen molar-refractivity contribution in [2.24, 2.45) is 11.3 Å². The van der Waals surface area contributed by atoms with Crippen molar-refractivity contribution in [3.8, 4) is 0 Å². The summed E-state index contributed by atoms with van der Waals surface area (Å²) in [5, 5.41) is 15.1. The smallest absolute Gasteiger partial charge is 0.438 e. The summed E-state index contributed by atoms with van der Waals surface area (Å²) in [5.41, 5.74) is 0.237. The Balaban J connectivity index is 1.81. The Kier molecular flexibility index (Phi) is 2.83. The number of amides is 1. The van der Waals surface area contributed by atoms with E-state index in [4.69, 9.17) is 5.11 Å². The second-order valence-electron chi connectivity index (χ2n) is 5.64. The van der Waals surface area contributed by atoms with Crippen molar-refractivity contribution in [3.05, 3.63) is 16.4 Å². The Bertz CT molecular complexity index is 529. The van der Waals surface area contributed by atoms with E-state index >= 15 is 0 Å². The van der Waals surface area contributed by atoms with Gasteiger partial charge in [-0.25, -0.2) is 9.59 Å². The monoisotopic (exact) mass is 267 g/mol. The molecule has 1 heterocycles. The molecule has 1 aromatic rings. The molecule has 19 heavy (non-hydrogen) atoms. The third kappa shape index (κ3) is 2.24. The first-order valence-corrected chi connectivity index (χ1v) is 6.66. The quantitative estimate of drug-likeness (QED) is 0.771. The van der Waals surface area contributed by atoms with Crippen molar-refractivity contribution in [2.75, 3.05) is 0 Å². The third-order valence-electron chi connectivity index (χ3n) is 4.54. The predicted molar refractivity (Wildman–Crippen MR) is 64.7 cm³/mol. The molecular formula is C12H17N3O4. The molecule has 0 radical (unpaired) electrons. The van der Waals surface area contributed by atoms with Gasteiger partial charge in [0.05, 0.1) is 6.04 Å². The van der Waals surface area contributed by atoms with E-state index in [1.165, 1.54) is 19.3 Å². The second kappa shape index (κ2) is 4.40. The second-order valence-corrected chi connectivity index (χ2v) is 5.64. The van der Waals surface area contributed by atoms with E-state index in [1.54, 1.807) is 0 Å². The number of nitrogens with zero attached hydrogens (tertiary/aromatic N) is 1. The van der Waals surface area contributed by atoms with Crippen LogP contribution < -0.4 is 11.1 Å². The first-order valence-electron chi connectivity index (χ1n) is 6.66. The highest BCUT2D eigenvalue weighted by Crippen LogP contribution is 2.65. The number of rotatable bonds is 3. The number of aromatic nitrogens is 2. The Morgan fingerprint density at radius 2 is 2.21 bits per heavy atom. The lowest BCUT2D eigenvalue weighted by Crippen LogP contribution is -2.31. The van der Waals surface area contributed by atoms with Crippen molar-refractivity contribution in [2.45, 2.75) is 44.6 Å². The molecule has 1 amide bonds. The zero-order valence-corrected chi connectivity index (χ0v) is 10.5. The van der Waals surface area contributed by atoms with E-state index in [-0.39, 0.29) is 11.3 Å². The van der Waals surface area contributed by atoms with Crippen molar-refractivity contribution >= 4 is 6.09 Å². The zero-order chi connectivity index (χ0) is 13.5. The van der Waals surface area contributed by atoms with E-state index in [1.807, 2.05) is 0 Å². The molecular weight excluding hydrogens is 250 g/mol. The number of carbonyl (C=O) groups is 1. The Hall–Kier alpha value is -1.79. The molecule has 0 aromatic carbocycles. The van der Waals surface area contributed by atoms with Gasteiger partial charge in [-0.15, -0.1) is 0 Å². The maximum absolute atomic E-state index is 11.0. The van der Waals surface area contributed by atoms with Crippen LogP contribution in [0.15, 0.2) is 9.32 Å².